The normalized spacial score (nSPS) is 11.5. The van der Waals surface area contributed by atoms with Gasteiger partial charge in [0.1, 0.15) is 5.52 Å². The number of benzene rings is 5. The Hall–Kier alpha value is -4.21. The number of aromatic nitrogens is 1. The first-order valence-electron chi connectivity index (χ1n) is 11.3. The molecule has 0 spiro atoms. The number of fused-ring (bicyclic) bond motifs is 4. The molecule has 0 N–H and O–H groups in total. The van der Waals surface area contributed by atoms with Crippen LogP contribution in [0.5, 0.6) is 0 Å². The first-order valence-corrected chi connectivity index (χ1v) is 12.1. The summed E-state index contributed by atoms with van der Waals surface area (Å²) < 4.78 is 8.67. The summed E-state index contributed by atoms with van der Waals surface area (Å²) in [6.07, 6.45) is 0. The summed E-state index contributed by atoms with van der Waals surface area (Å²) in [6, 6.07) is 40.4. The lowest BCUT2D eigenvalue weighted by molar-refractivity contribution is 0.620. The summed E-state index contributed by atoms with van der Waals surface area (Å²) in [5, 5.41) is 2.65. The minimum absolute atomic E-state index is 0.647. The van der Waals surface area contributed by atoms with E-state index in [1.807, 2.05) is 35.6 Å². The van der Waals surface area contributed by atoms with E-state index >= 15 is 0 Å². The van der Waals surface area contributed by atoms with E-state index in [4.69, 9.17) is 4.42 Å². The topological polar surface area (TPSA) is 26.0 Å². The molecule has 0 aliphatic heterocycles. The highest BCUT2D eigenvalue weighted by molar-refractivity contribution is 7.26. The summed E-state index contributed by atoms with van der Waals surface area (Å²) in [5.41, 5.74) is 7.48. The average molecular weight is 454 g/mol. The van der Waals surface area contributed by atoms with Crippen molar-refractivity contribution in [3.8, 4) is 33.7 Å². The van der Waals surface area contributed by atoms with Gasteiger partial charge in [-0.2, -0.15) is 0 Å². The summed E-state index contributed by atoms with van der Waals surface area (Å²) in [4.78, 5) is 4.67. The maximum absolute atomic E-state index is 6.01. The second-order valence-electron chi connectivity index (χ2n) is 8.43. The highest BCUT2D eigenvalue weighted by Gasteiger charge is 2.12. The molecule has 7 rings (SSSR count). The molecule has 5 aromatic carbocycles. The van der Waals surface area contributed by atoms with E-state index in [0.29, 0.717) is 5.89 Å². The van der Waals surface area contributed by atoms with E-state index in [1.165, 1.54) is 36.9 Å². The number of nitrogens with zero attached hydrogens (tertiary/aromatic N) is 1. The van der Waals surface area contributed by atoms with Gasteiger partial charge in [-0.1, -0.05) is 78.9 Å². The molecule has 0 amide bonds. The number of hydrogen-bond acceptors (Lipinski definition) is 3. The number of thiophene rings is 1. The summed E-state index contributed by atoms with van der Waals surface area (Å²) >= 11 is 1.87. The van der Waals surface area contributed by atoms with Gasteiger partial charge < -0.3 is 4.42 Å². The van der Waals surface area contributed by atoms with E-state index in [-0.39, 0.29) is 0 Å². The Kier molecular flexibility index (Phi) is 4.36. The standard InChI is InChI=1S/C31H19NOS/c1-4-17-29-25(12-1)26-14-7-13-24(30(26)34-29)22-10-5-8-20(18-22)21-9-6-11-23(19-21)31-32-27-15-2-3-16-28(27)33-31/h1-19H. The fourth-order valence-corrected chi connectivity index (χ4v) is 5.91. The largest absolute Gasteiger partial charge is 0.436 e. The minimum Gasteiger partial charge on any atom is -0.436 e. The number of oxazole rings is 1. The van der Waals surface area contributed by atoms with Crippen molar-refractivity contribution in [1.82, 2.24) is 4.98 Å². The molecule has 3 heteroatoms. The van der Waals surface area contributed by atoms with Crippen molar-refractivity contribution < 1.29 is 4.42 Å². The van der Waals surface area contributed by atoms with Gasteiger partial charge in [0.05, 0.1) is 0 Å². The van der Waals surface area contributed by atoms with Gasteiger partial charge in [-0.15, -0.1) is 11.3 Å². The van der Waals surface area contributed by atoms with Gasteiger partial charge in [-0.25, -0.2) is 4.98 Å². The van der Waals surface area contributed by atoms with Crippen molar-refractivity contribution in [2.24, 2.45) is 0 Å². The van der Waals surface area contributed by atoms with Crippen LogP contribution in [-0.2, 0) is 0 Å². The summed E-state index contributed by atoms with van der Waals surface area (Å²) in [7, 11) is 0. The fraction of sp³-hybridized carbons (Fsp3) is 0. The predicted octanol–water partition coefficient (Wildman–Crippen LogP) is 9.20. The van der Waals surface area contributed by atoms with E-state index < -0.39 is 0 Å². The Morgan fingerprint density at radius 3 is 2.12 bits per heavy atom. The summed E-state index contributed by atoms with van der Waals surface area (Å²) in [5.74, 6) is 0.647. The predicted molar refractivity (Wildman–Crippen MR) is 143 cm³/mol. The van der Waals surface area contributed by atoms with Crippen LogP contribution >= 0.6 is 11.3 Å². The van der Waals surface area contributed by atoms with E-state index in [2.05, 4.69) is 96.0 Å². The van der Waals surface area contributed by atoms with Crippen LogP contribution in [-0.4, -0.2) is 4.98 Å². The van der Waals surface area contributed by atoms with Gasteiger partial charge >= 0.3 is 0 Å². The Morgan fingerprint density at radius 1 is 0.559 bits per heavy atom. The van der Waals surface area contributed by atoms with Crippen molar-refractivity contribution in [1.29, 1.82) is 0 Å². The number of hydrogen-bond donors (Lipinski definition) is 0. The highest BCUT2D eigenvalue weighted by Crippen LogP contribution is 2.40. The molecule has 2 nitrogen and oxygen atoms in total. The van der Waals surface area contributed by atoms with Crippen molar-refractivity contribution in [3.05, 3.63) is 115 Å². The maximum Gasteiger partial charge on any atom is 0.227 e. The highest BCUT2D eigenvalue weighted by atomic mass is 32.1. The van der Waals surface area contributed by atoms with Crippen LogP contribution < -0.4 is 0 Å². The van der Waals surface area contributed by atoms with Crippen LogP contribution in [0.2, 0.25) is 0 Å². The Labute approximate surface area is 200 Å². The van der Waals surface area contributed by atoms with E-state index in [1.54, 1.807) is 0 Å². The van der Waals surface area contributed by atoms with Gasteiger partial charge in [0, 0.05) is 25.7 Å². The molecule has 0 saturated carbocycles. The van der Waals surface area contributed by atoms with Crippen LogP contribution in [0.25, 0.3) is 65.0 Å². The molecule has 2 heterocycles. The van der Waals surface area contributed by atoms with Gasteiger partial charge in [-0.05, 0) is 58.7 Å². The molecule has 34 heavy (non-hydrogen) atoms. The molecule has 0 aliphatic rings. The Balaban J connectivity index is 1.33. The molecule has 0 bridgehead atoms. The molecule has 7 aromatic rings. The quantitative estimate of drug-likeness (QED) is 0.266. The van der Waals surface area contributed by atoms with E-state index in [9.17, 15) is 0 Å². The monoisotopic (exact) mass is 453 g/mol. The molecule has 2 aromatic heterocycles. The average Bonchev–Trinajstić information content (AvgIpc) is 3.51. The molecular formula is C31H19NOS. The van der Waals surface area contributed by atoms with Crippen molar-refractivity contribution in [2.75, 3.05) is 0 Å². The lowest BCUT2D eigenvalue weighted by atomic mass is 9.97. The number of rotatable bonds is 3. The molecule has 0 fully saturated rings. The first kappa shape index (κ1) is 19.3. The molecule has 0 unspecified atom stereocenters. The third-order valence-corrected chi connectivity index (χ3v) is 7.53. The van der Waals surface area contributed by atoms with Crippen molar-refractivity contribution >= 4 is 42.6 Å². The van der Waals surface area contributed by atoms with Gasteiger partial charge in [0.2, 0.25) is 5.89 Å². The molecule has 0 radical (unpaired) electrons. The van der Waals surface area contributed by atoms with Crippen molar-refractivity contribution in [2.45, 2.75) is 0 Å². The molecule has 0 atom stereocenters. The van der Waals surface area contributed by atoms with Crippen LogP contribution in [0, 0.1) is 0 Å². The Bertz CT molecular complexity index is 1790. The van der Waals surface area contributed by atoms with Crippen LogP contribution in [0.4, 0.5) is 0 Å². The Morgan fingerprint density at radius 2 is 1.24 bits per heavy atom. The third kappa shape index (κ3) is 3.13. The summed E-state index contributed by atoms with van der Waals surface area (Å²) in [6.45, 7) is 0. The molecule has 0 saturated heterocycles. The first-order chi connectivity index (χ1) is 16.8. The van der Waals surface area contributed by atoms with Gasteiger partial charge in [0.25, 0.3) is 0 Å². The zero-order valence-electron chi connectivity index (χ0n) is 18.2. The third-order valence-electron chi connectivity index (χ3n) is 6.31. The zero-order valence-corrected chi connectivity index (χ0v) is 19.0. The second kappa shape index (κ2) is 7.68. The lowest BCUT2D eigenvalue weighted by Gasteiger charge is -2.08. The smallest absolute Gasteiger partial charge is 0.227 e. The van der Waals surface area contributed by atoms with Crippen LogP contribution in [0.1, 0.15) is 0 Å². The lowest BCUT2D eigenvalue weighted by Crippen LogP contribution is -1.84. The SMILES string of the molecule is c1cc(-c2cccc(-c3cccc4c3sc3ccccc34)c2)cc(-c2nc3ccccc3o2)c1. The molecule has 0 aliphatic carbocycles. The minimum atomic E-state index is 0.647. The van der Waals surface area contributed by atoms with Crippen LogP contribution in [0.15, 0.2) is 120 Å². The maximum atomic E-state index is 6.01. The zero-order chi connectivity index (χ0) is 22.5. The molecular weight excluding hydrogens is 434 g/mol. The fourth-order valence-electron chi connectivity index (χ4n) is 4.67. The van der Waals surface area contributed by atoms with E-state index in [0.717, 1.165) is 22.2 Å². The van der Waals surface area contributed by atoms with Gasteiger partial charge in [0.15, 0.2) is 5.58 Å². The van der Waals surface area contributed by atoms with Crippen LogP contribution in [0.3, 0.4) is 0 Å². The second-order valence-corrected chi connectivity index (χ2v) is 9.48. The number of para-hydroxylation sites is 2. The van der Waals surface area contributed by atoms with Gasteiger partial charge in [-0.3, -0.25) is 0 Å². The van der Waals surface area contributed by atoms with Crippen molar-refractivity contribution in [3.63, 3.8) is 0 Å². The molecule has 160 valence electrons.